The molecular formula is C9H12F2N4S. The Balaban J connectivity index is 2.17. The van der Waals surface area contributed by atoms with Gasteiger partial charge in [-0.3, -0.25) is 0 Å². The van der Waals surface area contributed by atoms with Crippen molar-refractivity contribution >= 4 is 18.2 Å². The van der Waals surface area contributed by atoms with Gasteiger partial charge in [0.2, 0.25) is 16.6 Å². The lowest BCUT2D eigenvalue weighted by atomic mass is 9.86. The van der Waals surface area contributed by atoms with Crippen LogP contribution in [-0.2, 0) is 0 Å². The predicted octanol–water partition coefficient (Wildman–Crippen LogP) is 2.41. The van der Waals surface area contributed by atoms with Gasteiger partial charge in [-0.25, -0.2) is 13.8 Å². The predicted molar refractivity (Wildman–Crippen MR) is 57.8 cm³/mol. The molecule has 2 rings (SSSR count). The van der Waals surface area contributed by atoms with E-state index >= 15 is 0 Å². The van der Waals surface area contributed by atoms with Crippen LogP contribution in [0, 0.1) is 4.77 Å². The number of alkyl halides is 2. The van der Waals surface area contributed by atoms with E-state index in [2.05, 4.69) is 15.0 Å². The van der Waals surface area contributed by atoms with Crippen LogP contribution in [0.4, 0.5) is 14.7 Å². The molecule has 0 unspecified atom stereocenters. The SMILES string of the molecule is Nc1nc(=S)nc(C2CCC(F)(F)CC2)[nH]1. The van der Waals surface area contributed by atoms with Crippen LogP contribution in [0.1, 0.15) is 37.4 Å². The number of nitrogens with two attached hydrogens (primary N) is 1. The summed E-state index contributed by atoms with van der Waals surface area (Å²) < 4.78 is 26.1. The van der Waals surface area contributed by atoms with E-state index < -0.39 is 5.92 Å². The summed E-state index contributed by atoms with van der Waals surface area (Å²) in [6.45, 7) is 0. The van der Waals surface area contributed by atoms with Crippen molar-refractivity contribution in [1.82, 2.24) is 15.0 Å². The Kier molecular flexibility index (Phi) is 2.88. The molecule has 0 aromatic carbocycles. The highest BCUT2D eigenvalue weighted by Gasteiger charge is 2.36. The van der Waals surface area contributed by atoms with Crippen LogP contribution < -0.4 is 5.73 Å². The number of H-pyrrole nitrogens is 1. The molecular weight excluding hydrogens is 234 g/mol. The Bertz CT molecular complexity index is 435. The van der Waals surface area contributed by atoms with Gasteiger partial charge in [0.25, 0.3) is 0 Å². The number of hydrogen-bond acceptors (Lipinski definition) is 4. The maximum atomic E-state index is 13.0. The molecule has 1 saturated carbocycles. The average molecular weight is 246 g/mol. The molecule has 88 valence electrons. The Morgan fingerprint density at radius 1 is 1.31 bits per heavy atom. The van der Waals surface area contributed by atoms with E-state index in [1.807, 2.05) is 0 Å². The standard InChI is InChI=1S/C9H12F2N4S/c10-9(11)3-1-5(2-4-9)6-13-7(12)15-8(16)14-6/h5H,1-4H2,(H3,12,13,14,15,16). The first-order chi connectivity index (χ1) is 7.46. The maximum Gasteiger partial charge on any atom is 0.248 e. The quantitative estimate of drug-likeness (QED) is 0.747. The van der Waals surface area contributed by atoms with E-state index in [9.17, 15) is 8.78 Å². The van der Waals surface area contributed by atoms with Crippen molar-refractivity contribution in [3.63, 3.8) is 0 Å². The highest BCUT2D eigenvalue weighted by atomic mass is 32.1. The Morgan fingerprint density at radius 3 is 2.50 bits per heavy atom. The molecule has 1 aliphatic carbocycles. The van der Waals surface area contributed by atoms with Gasteiger partial charge in [-0.15, -0.1) is 0 Å². The van der Waals surface area contributed by atoms with Crippen LogP contribution in [0.15, 0.2) is 0 Å². The van der Waals surface area contributed by atoms with Gasteiger partial charge in [-0.1, -0.05) is 0 Å². The van der Waals surface area contributed by atoms with Crippen molar-refractivity contribution in [2.45, 2.75) is 37.5 Å². The average Bonchev–Trinajstić information content (AvgIpc) is 2.15. The lowest BCUT2D eigenvalue weighted by Crippen LogP contribution is -2.24. The van der Waals surface area contributed by atoms with Gasteiger partial charge in [0.05, 0.1) is 0 Å². The lowest BCUT2D eigenvalue weighted by Gasteiger charge is -2.27. The number of aromatic nitrogens is 3. The van der Waals surface area contributed by atoms with Crippen molar-refractivity contribution in [3.05, 3.63) is 10.6 Å². The van der Waals surface area contributed by atoms with E-state index in [1.165, 1.54) is 0 Å². The van der Waals surface area contributed by atoms with E-state index in [-0.39, 0.29) is 29.5 Å². The van der Waals surface area contributed by atoms with E-state index in [1.54, 1.807) is 0 Å². The molecule has 0 bridgehead atoms. The third kappa shape index (κ3) is 2.52. The Labute approximate surface area is 96.3 Å². The largest absolute Gasteiger partial charge is 0.369 e. The molecule has 4 nitrogen and oxygen atoms in total. The molecule has 1 fully saturated rings. The summed E-state index contributed by atoms with van der Waals surface area (Å²) in [5.74, 6) is -1.79. The number of rotatable bonds is 1. The zero-order valence-electron chi connectivity index (χ0n) is 8.54. The van der Waals surface area contributed by atoms with Crippen LogP contribution in [-0.4, -0.2) is 20.9 Å². The number of aromatic amines is 1. The summed E-state index contributed by atoms with van der Waals surface area (Å²) in [4.78, 5) is 10.6. The highest BCUT2D eigenvalue weighted by Crippen LogP contribution is 2.39. The van der Waals surface area contributed by atoms with Crippen molar-refractivity contribution < 1.29 is 8.78 Å². The summed E-state index contributed by atoms with van der Waals surface area (Å²) in [5.41, 5.74) is 5.50. The molecule has 0 saturated heterocycles. The third-order valence-corrected chi connectivity index (χ3v) is 2.97. The summed E-state index contributed by atoms with van der Waals surface area (Å²) in [6.07, 6.45) is 0.577. The maximum absolute atomic E-state index is 13.0. The van der Waals surface area contributed by atoms with Crippen LogP contribution in [0.25, 0.3) is 0 Å². The first kappa shape index (κ1) is 11.4. The van der Waals surface area contributed by atoms with E-state index in [4.69, 9.17) is 18.0 Å². The Morgan fingerprint density at radius 2 is 1.94 bits per heavy atom. The zero-order valence-corrected chi connectivity index (χ0v) is 9.36. The van der Waals surface area contributed by atoms with Crippen LogP contribution >= 0.6 is 12.2 Å². The van der Waals surface area contributed by atoms with Gasteiger partial charge >= 0.3 is 0 Å². The summed E-state index contributed by atoms with van der Waals surface area (Å²) in [7, 11) is 0. The van der Waals surface area contributed by atoms with Gasteiger partial charge in [-0.05, 0) is 25.1 Å². The minimum Gasteiger partial charge on any atom is -0.369 e. The molecule has 3 N–H and O–H groups in total. The second-order valence-electron chi connectivity index (χ2n) is 4.03. The number of nitrogen functional groups attached to an aromatic ring is 1. The molecule has 0 aliphatic heterocycles. The van der Waals surface area contributed by atoms with Gasteiger partial charge in [0.15, 0.2) is 0 Å². The molecule has 1 heterocycles. The normalized spacial score (nSPS) is 20.9. The van der Waals surface area contributed by atoms with Gasteiger partial charge in [0, 0.05) is 18.8 Å². The molecule has 0 amide bonds. The first-order valence-corrected chi connectivity index (χ1v) is 5.49. The van der Waals surface area contributed by atoms with Crippen molar-refractivity contribution in [2.24, 2.45) is 0 Å². The zero-order chi connectivity index (χ0) is 11.8. The summed E-state index contributed by atoms with van der Waals surface area (Å²) >= 11 is 4.83. The molecule has 1 aromatic heterocycles. The second kappa shape index (κ2) is 4.04. The fourth-order valence-corrected chi connectivity index (χ4v) is 2.12. The molecule has 1 aliphatic rings. The van der Waals surface area contributed by atoms with Crippen LogP contribution in [0.5, 0.6) is 0 Å². The number of anilines is 1. The minimum absolute atomic E-state index is 0.0216. The molecule has 16 heavy (non-hydrogen) atoms. The summed E-state index contributed by atoms with van der Waals surface area (Å²) in [6, 6.07) is 0. The topological polar surface area (TPSA) is 67.6 Å². The molecule has 7 heteroatoms. The van der Waals surface area contributed by atoms with Crippen molar-refractivity contribution in [2.75, 3.05) is 5.73 Å². The lowest BCUT2D eigenvalue weighted by molar-refractivity contribution is -0.0387. The van der Waals surface area contributed by atoms with Crippen molar-refractivity contribution in [1.29, 1.82) is 0 Å². The number of nitrogens with one attached hydrogen (secondary N) is 1. The van der Waals surface area contributed by atoms with Crippen molar-refractivity contribution in [3.8, 4) is 0 Å². The number of halogens is 2. The minimum atomic E-state index is -2.54. The third-order valence-electron chi connectivity index (χ3n) is 2.79. The fourth-order valence-electron chi connectivity index (χ4n) is 1.93. The monoisotopic (exact) mass is 246 g/mol. The van der Waals surface area contributed by atoms with Gasteiger partial charge < -0.3 is 10.7 Å². The van der Waals surface area contributed by atoms with E-state index in [0.29, 0.717) is 18.7 Å². The highest BCUT2D eigenvalue weighted by molar-refractivity contribution is 7.71. The first-order valence-electron chi connectivity index (χ1n) is 5.08. The van der Waals surface area contributed by atoms with Crippen LogP contribution in [0.2, 0.25) is 0 Å². The number of hydrogen-bond donors (Lipinski definition) is 2. The molecule has 0 spiro atoms. The smallest absolute Gasteiger partial charge is 0.248 e. The molecule has 0 radical (unpaired) electrons. The number of nitrogens with zero attached hydrogens (tertiary/aromatic N) is 2. The Hall–Kier alpha value is -1.11. The molecule has 1 aromatic rings. The second-order valence-corrected chi connectivity index (χ2v) is 4.40. The van der Waals surface area contributed by atoms with Gasteiger partial charge in [0.1, 0.15) is 5.82 Å². The summed E-state index contributed by atoms with van der Waals surface area (Å²) in [5, 5.41) is 0. The van der Waals surface area contributed by atoms with E-state index in [0.717, 1.165) is 0 Å². The fraction of sp³-hybridized carbons (Fsp3) is 0.667. The van der Waals surface area contributed by atoms with Crippen LogP contribution in [0.3, 0.4) is 0 Å². The molecule has 0 atom stereocenters. The van der Waals surface area contributed by atoms with Gasteiger partial charge in [-0.2, -0.15) is 4.98 Å².